The van der Waals surface area contributed by atoms with Gasteiger partial charge in [-0.2, -0.15) is 0 Å². The summed E-state index contributed by atoms with van der Waals surface area (Å²) in [4.78, 5) is 25.0. The first-order valence-corrected chi connectivity index (χ1v) is 7.94. The van der Waals surface area contributed by atoms with Gasteiger partial charge in [-0.25, -0.2) is 0 Å². The zero-order chi connectivity index (χ0) is 16.2. The summed E-state index contributed by atoms with van der Waals surface area (Å²) in [6, 6.07) is 8.05. The number of carbonyl (C=O) groups is 2. The maximum Gasteiger partial charge on any atom is 0.306 e. The highest BCUT2D eigenvalue weighted by Gasteiger charge is 2.29. The molecule has 0 radical (unpaired) electrons. The predicted octanol–water partition coefficient (Wildman–Crippen LogP) is 1.39. The van der Waals surface area contributed by atoms with Gasteiger partial charge in [-0.1, -0.05) is 24.3 Å². The zero-order valence-corrected chi connectivity index (χ0v) is 12.9. The van der Waals surface area contributed by atoms with Crippen molar-refractivity contribution in [3.05, 3.63) is 35.4 Å². The summed E-state index contributed by atoms with van der Waals surface area (Å²) >= 11 is 0. The number of benzene rings is 1. The van der Waals surface area contributed by atoms with Crippen LogP contribution in [0.5, 0.6) is 0 Å². The molecule has 124 valence electrons. The lowest BCUT2D eigenvalue weighted by Gasteiger charge is -2.34. The number of carbonyl (C=O) groups excluding carboxylic acids is 1. The molecular formula is C17H21NO5. The van der Waals surface area contributed by atoms with E-state index in [9.17, 15) is 9.59 Å². The summed E-state index contributed by atoms with van der Waals surface area (Å²) in [5.74, 6) is -0.917. The van der Waals surface area contributed by atoms with Crippen LogP contribution in [0.3, 0.4) is 0 Å². The molecule has 23 heavy (non-hydrogen) atoms. The minimum absolute atomic E-state index is 0.00890. The second-order valence-electron chi connectivity index (χ2n) is 5.94. The van der Waals surface area contributed by atoms with Crippen molar-refractivity contribution >= 4 is 11.9 Å². The number of carboxylic acids is 1. The molecule has 1 N–H and O–H groups in total. The molecule has 2 aliphatic heterocycles. The number of nitrogens with zero attached hydrogens (tertiary/aromatic N) is 1. The van der Waals surface area contributed by atoms with Crippen molar-refractivity contribution in [1.29, 1.82) is 0 Å². The number of amides is 1. The van der Waals surface area contributed by atoms with Gasteiger partial charge in [0.1, 0.15) is 0 Å². The van der Waals surface area contributed by atoms with Crippen LogP contribution in [0.1, 0.15) is 30.1 Å². The average molecular weight is 319 g/mol. The van der Waals surface area contributed by atoms with Crippen molar-refractivity contribution in [3.8, 4) is 0 Å². The molecule has 2 heterocycles. The van der Waals surface area contributed by atoms with Gasteiger partial charge in [0, 0.05) is 13.1 Å². The quantitative estimate of drug-likeness (QED) is 0.907. The van der Waals surface area contributed by atoms with Crippen LogP contribution in [-0.2, 0) is 25.5 Å². The van der Waals surface area contributed by atoms with E-state index in [4.69, 9.17) is 14.6 Å². The average Bonchev–Trinajstić information content (AvgIpc) is 2.55. The molecule has 1 aromatic carbocycles. The molecule has 6 heteroatoms. The lowest BCUT2D eigenvalue weighted by molar-refractivity contribution is -0.149. The molecule has 0 aromatic heterocycles. The second kappa shape index (κ2) is 7.10. The van der Waals surface area contributed by atoms with E-state index in [2.05, 4.69) is 6.07 Å². The standard InChI is InChI=1S/C17H21NO5/c19-16(18-6-8-22-13(11-18)9-17(20)21)10-15-14-4-2-1-3-12(14)5-7-23-15/h1-4,13,15H,5-11H2,(H,20,21)/t13-,15-/m0/s1. The third-order valence-electron chi connectivity index (χ3n) is 4.35. The molecule has 3 rings (SSSR count). The molecule has 1 fully saturated rings. The fourth-order valence-electron chi connectivity index (χ4n) is 3.20. The predicted molar refractivity (Wildman–Crippen MR) is 82.0 cm³/mol. The topological polar surface area (TPSA) is 76.1 Å². The molecule has 0 saturated carbocycles. The number of rotatable bonds is 4. The smallest absolute Gasteiger partial charge is 0.306 e. The van der Waals surface area contributed by atoms with E-state index < -0.39 is 12.1 Å². The lowest BCUT2D eigenvalue weighted by atomic mass is 9.95. The van der Waals surface area contributed by atoms with Crippen molar-refractivity contribution in [2.24, 2.45) is 0 Å². The molecule has 2 atom stereocenters. The van der Waals surface area contributed by atoms with Gasteiger partial charge in [0.25, 0.3) is 0 Å². The van der Waals surface area contributed by atoms with Gasteiger partial charge in [0.05, 0.1) is 38.3 Å². The Morgan fingerprint density at radius 1 is 1.17 bits per heavy atom. The van der Waals surface area contributed by atoms with Crippen molar-refractivity contribution in [3.63, 3.8) is 0 Å². The van der Waals surface area contributed by atoms with E-state index in [0.717, 1.165) is 12.0 Å². The Bertz CT molecular complexity index is 588. The van der Waals surface area contributed by atoms with Crippen LogP contribution in [0.4, 0.5) is 0 Å². The van der Waals surface area contributed by atoms with E-state index in [1.54, 1.807) is 4.90 Å². The maximum atomic E-state index is 12.6. The zero-order valence-electron chi connectivity index (χ0n) is 12.9. The SMILES string of the molecule is O=C(O)C[C@H]1CN(C(=O)C[C@@H]2OCCc3ccccc32)CCO1. The normalized spacial score (nSPS) is 24.1. The maximum absolute atomic E-state index is 12.6. The highest BCUT2D eigenvalue weighted by Crippen LogP contribution is 2.30. The first kappa shape index (κ1) is 16.0. The minimum atomic E-state index is -0.908. The van der Waals surface area contributed by atoms with Crippen molar-refractivity contribution < 1.29 is 24.2 Å². The number of hydrogen-bond acceptors (Lipinski definition) is 4. The molecule has 0 spiro atoms. The number of aliphatic carboxylic acids is 1. The highest BCUT2D eigenvalue weighted by atomic mass is 16.5. The van der Waals surface area contributed by atoms with Crippen LogP contribution in [-0.4, -0.2) is 54.3 Å². The summed E-state index contributed by atoms with van der Waals surface area (Å²) in [6.07, 6.45) is 0.445. The van der Waals surface area contributed by atoms with E-state index in [1.165, 1.54) is 5.56 Å². The van der Waals surface area contributed by atoms with Crippen LogP contribution in [0.25, 0.3) is 0 Å². The molecule has 1 saturated heterocycles. The largest absolute Gasteiger partial charge is 0.481 e. The van der Waals surface area contributed by atoms with Crippen LogP contribution < -0.4 is 0 Å². The third-order valence-corrected chi connectivity index (χ3v) is 4.35. The first-order valence-electron chi connectivity index (χ1n) is 7.94. The minimum Gasteiger partial charge on any atom is -0.481 e. The Balaban J connectivity index is 1.62. The molecule has 0 aliphatic carbocycles. The van der Waals surface area contributed by atoms with Crippen LogP contribution in [0.15, 0.2) is 24.3 Å². The number of fused-ring (bicyclic) bond motifs is 1. The number of morpholine rings is 1. The van der Waals surface area contributed by atoms with E-state index in [0.29, 0.717) is 26.3 Å². The summed E-state index contributed by atoms with van der Waals surface area (Å²) < 4.78 is 11.2. The van der Waals surface area contributed by atoms with E-state index >= 15 is 0 Å². The molecule has 0 unspecified atom stereocenters. The fraction of sp³-hybridized carbons (Fsp3) is 0.529. The van der Waals surface area contributed by atoms with Crippen LogP contribution >= 0.6 is 0 Å². The molecule has 6 nitrogen and oxygen atoms in total. The summed E-state index contributed by atoms with van der Waals surface area (Å²) in [5, 5.41) is 8.86. The van der Waals surface area contributed by atoms with Gasteiger partial charge in [-0.05, 0) is 17.5 Å². The summed E-state index contributed by atoms with van der Waals surface area (Å²) in [5.41, 5.74) is 2.32. The summed E-state index contributed by atoms with van der Waals surface area (Å²) in [7, 11) is 0. The Hall–Kier alpha value is -1.92. The van der Waals surface area contributed by atoms with Gasteiger partial charge >= 0.3 is 5.97 Å². The van der Waals surface area contributed by atoms with E-state index in [-0.39, 0.29) is 24.9 Å². The number of carboxylic acid groups (broad SMARTS) is 1. The van der Waals surface area contributed by atoms with Gasteiger partial charge in [-0.15, -0.1) is 0 Å². The molecule has 1 aromatic rings. The second-order valence-corrected chi connectivity index (χ2v) is 5.94. The van der Waals surface area contributed by atoms with Gasteiger partial charge in [0.15, 0.2) is 0 Å². The monoisotopic (exact) mass is 319 g/mol. The molecule has 1 amide bonds. The van der Waals surface area contributed by atoms with E-state index in [1.807, 2.05) is 18.2 Å². The molecule has 0 bridgehead atoms. The van der Waals surface area contributed by atoms with Gasteiger partial charge < -0.3 is 19.5 Å². The molecular weight excluding hydrogens is 298 g/mol. The lowest BCUT2D eigenvalue weighted by Crippen LogP contribution is -2.46. The van der Waals surface area contributed by atoms with Crippen molar-refractivity contribution in [1.82, 2.24) is 4.90 Å². The third kappa shape index (κ3) is 3.89. The highest BCUT2D eigenvalue weighted by molar-refractivity contribution is 5.77. The van der Waals surface area contributed by atoms with Crippen LogP contribution in [0.2, 0.25) is 0 Å². The number of hydrogen-bond donors (Lipinski definition) is 1. The van der Waals surface area contributed by atoms with Crippen LogP contribution in [0, 0.1) is 0 Å². The van der Waals surface area contributed by atoms with Crippen molar-refractivity contribution in [2.45, 2.75) is 31.5 Å². The molecule has 2 aliphatic rings. The fourth-order valence-corrected chi connectivity index (χ4v) is 3.20. The first-order chi connectivity index (χ1) is 11.1. The Labute approximate surface area is 135 Å². The Morgan fingerprint density at radius 2 is 2.00 bits per heavy atom. The Morgan fingerprint density at radius 3 is 2.83 bits per heavy atom. The van der Waals surface area contributed by atoms with Gasteiger partial charge in [0.2, 0.25) is 5.91 Å². The van der Waals surface area contributed by atoms with Gasteiger partial charge in [-0.3, -0.25) is 9.59 Å². The van der Waals surface area contributed by atoms with Crippen molar-refractivity contribution in [2.75, 3.05) is 26.3 Å². The Kier molecular flexibility index (Phi) is 4.93. The number of ether oxygens (including phenoxy) is 2. The summed E-state index contributed by atoms with van der Waals surface area (Å²) in [6.45, 7) is 1.84.